The molecule has 0 unspecified atom stereocenters. The molecule has 2 aromatic heterocycles. The van der Waals surface area contributed by atoms with Crippen molar-refractivity contribution < 1.29 is 4.79 Å². The minimum Gasteiger partial charge on any atom is -0.367 e. The molecule has 0 saturated carbocycles. The molecule has 0 radical (unpaired) electrons. The third-order valence-corrected chi connectivity index (χ3v) is 4.95. The number of rotatable bonds is 5. The van der Waals surface area contributed by atoms with Crippen LogP contribution in [0.2, 0.25) is 0 Å². The first-order valence-corrected chi connectivity index (χ1v) is 9.16. The second-order valence-electron chi connectivity index (χ2n) is 7.29. The largest absolute Gasteiger partial charge is 0.367 e. The smallest absolute Gasteiger partial charge is 0.220 e. The molecule has 0 aliphatic carbocycles. The van der Waals surface area contributed by atoms with Gasteiger partial charge in [0, 0.05) is 44.1 Å². The van der Waals surface area contributed by atoms with Gasteiger partial charge in [-0.05, 0) is 24.3 Å². The first-order chi connectivity index (χ1) is 12.1. The van der Waals surface area contributed by atoms with E-state index in [0.29, 0.717) is 23.9 Å². The highest BCUT2D eigenvalue weighted by atomic mass is 16.1. The summed E-state index contributed by atoms with van der Waals surface area (Å²) in [7, 11) is 0. The molecule has 0 aromatic carbocycles. The highest BCUT2D eigenvalue weighted by Gasteiger charge is 2.27. The number of fused-ring (bicyclic) bond motifs is 1. The van der Waals surface area contributed by atoms with Gasteiger partial charge in [0.25, 0.3) is 0 Å². The van der Waals surface area contributed by atoms with Crippen molar-refractivity contribution in [1.29, 1.82) is 0 Å². The summed E-state index contributed by atoms with van der Waals surface area (Å²) in [6.45, 7) is 8.23. The summed E-state index contributed by atoms with van der Waals surface area (Å²) >= 11 is 0. The number of hydrogen-bond donors (Lipinski definition) is 1. The lowest BCUT2D eigenvalue weighted by Gasteiger charge is -2.38. The molecule has 3 heterocycles. The van der Waals surface area contributed by atoms with Crippen LogP contribution in [0.5, 0.6) is 0 Å². The van der Waals surface area contributed by atoms with Gasteiger partial charge in [0.05, 0.1) is 5.69 Å². The zero-order chi connectivity index (χ0) is 17.8. The number of aromatic nitrogens is 3. The Hall–Kier alpha value is -2.24. The summed E-state index contributed by atoms with van der Waals surface area (Å²) in [5.41, 5.74) is 2.53. The Balaban J connectivity index is 1.75. The normalized spacial score (nSPS) is 22.0. The molecule has 1 aliphatic heterocycles. The fraction of sp³-hybridized carbons (Fsp3) is 0.579. The monoisotopic (exact) mass is 341 g/mol. The standard InChI is InChI=1S/C19H27N5O/c1-4-13(2)10-17(25)23-15-9-14(3)11-24(12-15)16-5-6-21-19-18(16)20-7-8-22-19/h5-8,13-15H,4,9-12H2,1-3H3,(H,23,25)/t13-,14-,15+/m0/s1. The number of hydrogen-bond acceptors (Lipinski definition) is 5. The van der Waals surface area contributed by atoms with E-state index in [1.807, 2.05) is 6.07 Å². The molecule has 1 aliphatic rings. The van der Waals surface area contributed by atoms with Crippen LogP contribution >= 0.6 is 0 Å². The summed E-state index contributed by atoms with van der Waals surface area (Å²) in [6.07, 6.45) is 7.79. The fourth-order valence-electron chi connectivity index (χ4n) is 3.52. The van der Waals surface area contributed by atoms with Gasteiger partial charge in [0.15, 0.2) is 5.65 Å². The van der Waals surface area contributed by atoms with Crippen LogP contribution < -0.4 is 10.2 Å². The molecule has 2 aromatic rings. The zero-order valence-electron chi connectivity index (χ0n) is 15.3. The minimum atomic E-state index is 0.160. The van der Waals surface area contributed by atoms with Crippen molar-refractivity contribution in [2.45, 2.75) is 46.1 Å². The lowest BCUT2D eigenvalue weighted by atomic mass is 9.94. The first kappa shape index (κ1) is 17.6. The number of pyridine rings is 1. The van der Waals surface area contributed by atoms with E-state index in [2.05, 4.69) is 45.9 Å². The van der Waals surface area contributed by atoms with Crippen molar-refractivity contribution in [3.05, 3.63) is 24.7 Å². The van der Waals surface area contributed by atoms with E-state index >= 15 is 0 Å². The van der Waals surface area contributed by atoms with Crippen LogP contribution in [0.25, 0.3) is 11.2 Å². The van der Waals surface area contributed by atoms with Crippen LogP contribution in [0.15, 0.2) is 24.7 Å². The predicted octanol–water partition coefficient (Wildman–Crippen LogP) is 2.79. The first-order valence-electron chi connectivity index (χ1n) is 9.16. The molecule has 1 N–H and O–H groups in total. The summed E-state index contributed by atoms with van der Waals surface area (Å²) < 4.78 is 0. The summed E-state index contributed by atoms with van der Waals surface area (Å²) in [4.78, 5) is 27.6. The van der Waals surface area contributed by atoms with Gasteiger partial charge in [-0.1, -0.05) is 27.2 Å². The molecular formula is C19H27N5O. The number of carbonyl (C=O) groups excluding carboxylic acids is 1. The van der Waals surface area contributed by atoms with Crippen molar-refractivity contribution in [2.75, 3.05) is 18.0 Å². The predicted molar refractivity (Wildman–Crippen MR) is 99.3 cm³/mol. The molecule has 6 nitrogen and oxygen atoms in total. The van der Waals surface area contributed by atoms with Crippen molar-refractivity contribution in [1.82, 2.24) is 20.3 Å². The van der Waals surface area contributed by atoms with Crippen molar-refractivity contribution >= 4 is 22.8 Å². The number of nitrogens with one attached hydrogen (secondary N) is 1. The minimum absolute atomic E-state index is 0.160. The van der Waals surface area contributed by atoms with Crippen molar-refractivity contribution in [3.8, 4) is 0 Å². The van der Waals surface area contributed by atoms with Crippen LogP contribution in [-0.2, 0) is 4.79 Å². The van der Waals surface area contributed by atoms with Gasteiger partial charge >= 0.3 is 0 Å². The second kappa shape index (κ2) is 7.76. The fourth-order valence-corrected chi connectivity index (χ4v) is 3.52. The van der Waals surface area contributed by atoms with E-state index in [1.165, 1.54) is 0 Å². The number of anilines is 1. The van der Waals surface area contributed by atoms with Crippen LogP contribution in [0.1, 0.15) is 40.0 Å². The van der Waals surface area contributed by atoms with E-state index < -0.39 is 0 Å². The van der Waals surface area contributed by atoms with Gasteiger partial charge in [-0.3, -0.25) is 4.79 Å². The van der Waals surface area contributed by atoms with Gasteiger partial charge in [-0.25, -0.2) is 15.0 Å². The molecule has 25 heavy (non-hydrogen) atoms. The molecule has 0 spiro atoms. The topological polar surface area (TPSA) is 71.0 Å². The van der Waals surface area contributed by atoms with E-state index in [-0.39, 0.29) is 11.9 Å². The van der Waals surface area contributed by atoms with Crippen molar-refractivity contribution in [2.24, 2.45) is 11.8 Å². The Labute approximate surface area is 149 Å². The van der Waals surface area contributed by atoms with E-state index in [0.717, 1.165) is 37.1 Å². The third kappa shape index (κ3) is 4.24. The molecule has 3 atom stereocenters. The maximum absolute atomic E-state index is 12.3. The second-order valence-corrected chi connectivity index (χ2v) is 7.29. The molecule has 3 rings (SSSR count). The third-order valence-electron chi connectivity index (χ3n) is 4.95. The molecule has 1 amide bonds. The maximum Gasteiger partial charge on any atom is 0.220 e. The number of carbonyl (C=O) groups is 1. The molecular weight excluding hydrogens is 314 g/mol. The summed E-state index contributed by atoms with van der Waals surface area (Å²) in [6, 6.07) is 2.16. The molecule has 0 bridgehead atoms. The number of piperidine rings is 1. The lowest BCUT2D eigenvalue weighted by molar-refractivity contribution is -0.122. The van der Waals surface area contributed by atoms with Gasteiger partial charge in [0.2, 0.25) is 5.91 Å². The highest BCUT2D eigenvalue weighted by Crippen LogP contribution is 2.27. The van der Waals surface area contributed by atoms with Crippen LogP contribution in [0.4, 0.5) is 5.69 Å². The van der Waals surface area contributed by atoms with Crippen molar-refractivity contribution in [3.63, 3.8) is 0 Å². The van der Waals surface area contributed by atoms with Crippen LogP contribution in [-0.4, -0.2) is 40.0 Å². The average molecular weight is 341 g/mol. The average Bonchev–Trinajstić information content (AvgIpc) is 2.60. The van der Waals surface area contributed by atoms with Gasteiger partial charge in [-0.2, -0.15) is 0 Å². The van der Waals surface area contributed by atoms with E-state index in [9.17, 15) is 4.79 Å². The number of amides is 1. The zero-order valence-corrected chi connectivity index (χ0v) is 15.3. The highest BCUT2D eigenvalue weighted by molar-refractivity contribution is 5.85. The van der Waals surface area contributed by atoms with E-state index in [4.69, 9.17) is 0 Å². The Morgan fingerprint density at radius 1 is 1.28 bits per heavy atom. The Kier molecular flexibility index (Phi) is 5.46. The van der Waals surface area contributed by atoms with Gasteiger partial charge in [0.1, 0.15) is 5.52 Å². The van der Waals surface area contributed by atoms with Gasteiger partial charge in [-0.15, -0.1) is 0 Å². The summed E-state index contributed by atoms with van der Waals surface area (Å²) in [5.74, 6) is 1.09. The lowest BCUT2D eigenvalue weighted by Crippen LogP contribution is -2.50. The Morgan fingerprint density at radius 2 is 2.04 bits per heavy atom. The molecule has 134 valence electrons. The Bertz CT molecular complexity index is 729. The van der Waals surface area contributed by atoms with Crippen LogP contribution in [0, 0.1) is 11.8 Å². The quantitative estimate of drug-likeness (QED) is 0.905. The molecule has 6 heteroatoms. The van der Waals surface area contributed by atoms with Gasteiger partial charge < -0.3 is 10.2 Å². The molecule has 1 fully saturated rings. The summed E-state index contributed by atoms with van der Waals surface area (Å²) in [5, 5.41) is 3.23. The SMILES string of the molecule is CC[C@H](C)CC(=O)N[C@@H]1C[C@H](C)CN(c2ccnc3nccnc23)C1. The Morgan fingerprint density at radius 3 is 2.84 bits per heavy atom. The van der Waals surface area contributed by atoms with E-state index in [1.54, 1.807) is 18.6 Å². The number of nitrogens with zero attached hydrogens (tertiary/aromatic N) is 4. The maximum atomic E-state index is 12.3. The molecule has 1 saturated heterocycles. The van der Waals surface area contributed by atoms with Crippen LogP contribution in [0.3, 0.4) is 0 Å².